The zero-order valence-corrected chi connectivity index (χ0v) is 9.32. The van der Waals surface area contributed by atoms with Crippen LogP contribution >= 0.6 is 0 Å². The maximum atomic E-state index is 13.1. The van der Waals surface area contributed by atoms with Crippen LogP contribution in [0.3, 0.4) is 0 Å². The van der Waals surface area contributed by atoms with Crippen molar-refractivity contribution in [2.45, 2.75) is 31.6 Å². The fraction of sp³-hybridized carbons (Fsp3) is 0.400. The Kier molecular flexibility index (Phi) is 2.95. The van der Waals surface area contributed by atoms with E-state index in [1.54, 1.807) is 12.1 Å². The van der Waals surface area contributed by atoms with Gasteiger partial charge in [0.25, 0.3) is 0 Å². The highest BCUT2D eigenvalue weighted by Gasteiger charge is 2.15. The normalized spacial score (nSPS) is 15.5. The van der Waals surface area contributed by atoms with Crippen LogP contribution in [0.25, 0.3) is 0 Å². The van der Waals surface area contributed by atoms with Gasteiger partial charge in [0.2, 0.25) is 10.1 Å². The molecule has 0 spiro atoms. The summed E-state index contributed by atoms with van der Waals surface area (Å²) in [7, 11) is -4.10. The molecule has 0 saturated heterocycles. The summed E-state index contributed by atoms with van der Waals surface area (Å²) in [5, 5.41) is 0. The van der Waals surface area contributed by atoms with E-state index in [1.807, 2.05) is 20.8 Å². The molecular weight excluding hydrogens is 201 g/mol. The first kappa shape index (κ1) is 11.2. The minimum Gasteiger partial charge on any atom is -0.222 e. The van der Waals surface area contributed by atoms with E-state index >= 15 is 0 Å². The van der Waals surface area contributed by atoms with Gasteiger partial charge in [-0.25, -0.2) is 8.99 Å². The molecule has 0 saturated carbocycles. The Balaban J connectivity index is 3.45. The summed E-state index contributed by atoms with van der Waals surface area (Å²) in [6.07, 6.45) is 0. The van der Waals surface area contributed by atoms with Crippen LogP contribution in [0.5, 0.6) is 0 Å². The van der Waals surface area contributed by atoms with E-state index in [9.17, 15) is 8.09 Å². The van der Waals surface area contributed by atoms with Gasteiger partial charge in [0, 0.05) is 0 Å². The van der Waals surface area contributed by atoms with Gasteiger partial charge >= 0.3 is 0 Å². The van der Waals surface area contributed by atoms with Crippen LogP contribution < -0.4 is 0 Å². The predicted octanol–water partition coefficient (Wildman–Crippen LogP) is 3.41. The molecule has 0 aliphatic rings. The highest BCUT2D eigenvalue weighted by Crippen LogP contribution is 2.26. The highest BCUT2D eigenvalue weighted by atomic mass is 32.3. The third kappa shape index (κ3) is 2.32. The summed E-state index contributed by atoms with van der Waals surface area (Å²) >= 11 is 0. The minimum absolute atomic E-state index is 0.0121. The van der Waals surface area contributed by atoms with Crippen LogP contribution in [0.15, 0.2) is 23.1 Å². The molecule has 0 fully saturated rings. The quantitative estimate of drug-likeness (QED) is 0.754. The Morgan fingerprint density at radius 1 is 1.43 bits per heavy atom. The summed E-state index contributed by atoms with van der Waals surface area (Å²) in [5.41, 5.74) is 1.65. The molecule has 0 radical (unpaired) electrons. The summed E-state index contributed by atoms with van der Waals surface area (Å²) in [5.74, 6) is 0.0758. The van der Waals surface area contributed by atoms with E-state index in [0.29, 0.717) is 5.56 Å². The molecule has 78 valence electrons. The molecule has 1 unspecified atom stereocenters. The van der Waals surface area contributed by atoms with Crippen molar-refractivity contribution < 1.29 is 8.09 Å². The summed E-state index contributed by atoms with van der Waals surface area (Å²) in [6, 6.07) is 4.91. The third-order valence-corrected chi connectivity index (χ3v) is 3.01. The number of nitrogens with one attached hydrogen (secondary N) is 1. The topological polar surface area (TPSA) is 40.9 Å². The van der Waals surface area contributed by atoms with Crippen LogP contribution in [0.2, 0.25) is 0 Å². The minimum atomic E-state index is -4.10. The van der Waals surface area contributed by atoms with Gasteiger partial charge in [-0.2, -0.15) is 0 Å². The second-order valence-corrected chi connectivity index (χ2v) is 5.09. The summed E-state index contributed by atoms with van der Waals surface area (Å²) in [6.45, 7) is 5.67. The monoisotopic (exact) mass is 215 g/mol. The molecule has 2 nitrogen and oxygen atoms in total. The van der Waals surface area contributed by atoms with Gasteiger partial charge in [0.05, 0.1) is 4.90 Å². The molecule has 0 heterocycles. The van der Waals surface area contributed by atoms with Crippen LogP contribution in [-0.4, -0.2) is 4.21 Å². The Morgan fingerprint density at radius 2 is 2.00 bits per heavy atom. The first-order chi connectivity index (χ1) is 6.32. The van der Waals surface area contributed by atoms with E-state index in [1.165, 1.54) is 6.07 Å². The number of rotatable bonds is 2. The first-order valence-electron chi connectivity index (χ1n) is 4.41. The Labute approximate surface area is 84.4 Å². The smallest absolute Gasteiger partial charge is 0.222 e. The average Bonchev–Trinajstić information content (AvgIpc) is 2.01. The largest absolute Gasteiger partial charge is 0.228 e. The molecule has 1 N–H and O–H groups in total. The van der Waals surface area contributed by atoms with Crippen molar-refractivity contribution in [1.82, 2.24) is 0 Å². The fourth-order valence-corrected chi connectivity index (χ4v) is 2.20. The lowest BCUT2D eigenvalue weighted by molar-refractivity contribution is 0.632. The lowest BCUT2D eigenvalue weighted by Crippen LogP contribution is -1.99. The van der Waals surface area contributed by atoms with Gasteiger partial charge in [-0.1, -0.05) is 31.5 Å². The molecule has 1 aromatic carbocycles. The molecule has 4 heteroatoms. The van der Waals surface area contributed by atoms with Crippen molar-refractivity contribution in [3.05, 3.63) is 29.3 Å². The van der Waals surface area contributed by atoms with Gasteiger partial charge in [-0.3, -0.25) is 0 Å². The SMILES string of the molecule is Cc1ccc(S(=N)(=O)F)c(C(C)C)c1. The van der Waals surface area contributed by atoms with Crippen molar-refractivity contribution in [1.29, 1.82) is 4.78 Å². The van der Waals surface area contributed by atoms with Gasteiger partial charge in [-0.15, -0.1) is 3.89 Å². The van der Waals surface area contributed by atoms with Crippen molar-refractivity contribution in [2.75, 3.05) is 0 Å². The Bertz CT molecular complexity index is 437. The average molecular weight is 215 g/mol. The van der Waals surface area contributed by atoms with Crippen molar-refractivity contribution in [2.24, 2.45) is 0 Å². The van der Waals surface area contributed by atoms with E-state index in [2.05, 4.69) is 0 Å². The van der Waals surface area contributed by atoms with Crippen LogP contribution in [0, 0.1) is 11.7 Å². The number of hydrogen-bond donors (Lipinski definition) is 1. The van der Waals surface area contributed by atoms with Crippen LogP contribution in [0.1, 0.15) is 30.9 Å². The molecule has 0 bridgehead atoms. The van der Waals surface area contributed by atoms with E-state index in [-0.39, 0.29) is 10.8 Å². The van der Waals surface area contributed by atoms with Crippen LogP contribution in [0.4, 0.5) is 3.89 Å². The van der Waals surface area contributed by atoms with Gasteiger partial charge in [0.15, 0.2) is 0 Å². The molecule has 0 aliphatic carbocycles. The van der Waals surface area contributed by atoms with E-state index < -0.39 is 10.1 Å². The van der Waals surface area contributed by atoms with Crippen LogP contribution in [-0.2, 0) is 10.1 Å². The second-order valence-electron chi connectivity index (χ2n) is 3.68. The maximum absolute atomic E-state index is 13.1. The lowest BCUT2D eigenvalue weighted by Gasteiger charge is -2.11. The number of halogens is 1. The van der Waals surface area contributed by atoms with Gasteiger partial charge in [0.1, 0.15) is 0 Å². The fourth-order valence-electron chi connectivity index (χ4n) is 1.36. The second kappa shape index (κ2) is 3.69. The standard InChI is InChI=1S/C10H14FNOS/c1-7(2)9-6-8(3)4-5-10(9)14(11,12)13/h4-7,12H,1-3H3. The third-order valence-electron chi connectivity index (χ3n) is 2.07. The van der Waals surface area contributed by atoms with E-state index in [0.717, 1.165) is 5.56 Å². The zero-order valence-electron chi connectivity index (χ0n) is 8.50. The molecule has 0 aliphatic heterocycles. The van der Waals surface area contributed by atoms with Gasteiger partial charge in [-0.05, 0) is 24.5 Å². The van der Waals surface area contributed by atoms with Crippen molar-refractivity contribution in [3.63, 3.8) is 0 Å². The maximum Gasteiger partial charge on any atom is 0.228 e. The van der Waals surface area contributed by atoms with Crippen molar-refractivity contribution in [3.8, 4) is 0 Å². The molecule has 0 amide bonds. The Hall–Kier alpha value is -0.900. The summed E-state index contributed by atoms with van der Waals surface area (Å²) < 4.78 is 31.0. The molecule has 1 atom stereocenters. The summed E-state index contributed by atoms with van der Waals surface area (Å²) in [4.78, 5) is 0.0121. The lowest BCUT2D eigenvalue weighted by atomic mass is 10.0. The number of aryl methyl sites for hydroxylation is 1. The molecule has 0 aromatic heterocycles. The number of hydrogen-bond acceptors (Lipinski definition) is 2. The molecular formula is C10H14FNOS. The van der Waals surface area contributed by atoms with E-state index in [4.69, 9.17) is 4.78 Å². The Morgan fingerprint density at radius 3 is 2.43 bits per heavy atom. The zero-order chi connectivity index (χ0) is 10.9. The molecule has 1 aromatic rings. The predicted molar refractivity (Wildman–Crippen MR) is 55.5 cm³/mol. The number of benzene rings is 1. The molecule has 1 rings (SSSR count). The van der Waals surface area contributed by atoms with Gasteiger partial charge < -0.3 is 0 Å². The highest BCUT2D eigenvalue weighted by molar-refractivity contribution is 7.87. The van der Waals surface area contributed by atoms with Crippen molar-refractivity contribution >= 4 is 10.1 Å². The first-order valence-corrected chi connectivity index (χ1v) is 5.87. The molecule has 14 heavy (non-hydrogen) atoms.